The number of hydrogen-bond donors (Lipinski definition) is 1. The molecular formula is C16H14F3NO2. The van der Waals surface area contributed by atoms with Crippen molar-refractivity contribution in [3.8, 4) is 5.75 Å². The van der Waals surface area contributed by atoms with E-state index in [9.17, 15) is 18.0 Å². The first-order valence-electron chi connectivity index (χ1n) is 6.47. The molecule has 0 saturated heterocycles. The largest absolute Gasteiger partial charge is 0.489 e. The SMILES string of the molecule is CC(=O)c1ccc(OCc2ccccc2N)cc1C(F)(F)F. The quantitative estimate of drug-likeness (QED) is 0.684. The minimum atomic E-state index is -4.62. The number of nitrogens with two attached hydrogens (primary N) is 1. The van der Waals surface area contributed by atoms with Crippen molar-refractivity contribution in [2.75, 3.05) is 5.73 Å². The van der Waals surface area contributed by atoms with Gasteiger partial charge in [-0.3, -0.25) is 4.79 Å². The molecule has 0 amide bonds. The van der Waals surface area contributed by atoms with E-state index in [1.54, 1.807) is 24.3 Å². The number of nitrogen functional groups attached to an aromatic ring is 1. The molecular weight excluding hydrogens is 295 g/mol. The molecule has 0 aliphatic carbocycles. The van der Waals surface area contributed by atoms with Crippen molar-refractivity contribution in [2.24, 2.45) is 0 Å². The van der Waals surface area contributed by atoms with Crippen LogP contribution in [-0.4, -0.2) is 5.78 Å². The van der Waals surface area contributed by atoms with Crippen LogP contribution in [0.4, 0.5) is 18.9 Å². The standard InChI is InChI=1S/C16H14F3NO2/c1-10(21)13-7-6-12(8-14(13)16(17,18)19)22-9-11-4-2-3-5-15(11)20/h2-8H,9,20H2,1H3. The summed E-state index contributed by atoms with van der Waals surface area (Å²) < 4.78 is 44.3. The van der Waals surface area contributed by atoms with Crippen LogP contribution in [0.2, 0.25) is 0 Å². The van der Waals surface area contributed by atoms with Crippen molar-refractivity contribution < 1.29 is 22.7 Å². The Balaban J connectivity index is 2.26. The fourth-order valence-corrected chi connectivity index (χ4v) is 1.98. The summed E-state index contributed by atoms with van der Waals surface area (Å²) in [7, 11) is 0. The lowest BCUT2D eigenvalue weighted by Gasteiger charge is -2.14. The molecule has 0 aromatic heterocycles. The summed E-state index contributed by atoms with van der Waals surface area (Å²) in [6.45, 7) is 1.14. The van der Waals surface area contributed by atoms with E-state index in [4.69, 9.17) is 10.5 Å². The molecule has 0 aliphatic rings. The van der Waals surface area contributed by atoms with E-state index in [2.05, 4.69) is 0 Å². The molecule has 22 heavy (non-hydrogen) atoms. The highest BCUT2D eigenvalue weighted by Gasteiger charge is 2.34. The smallest absolute Gasteiger partial charge is 0.417 e. The Morgan fingerprint density at radius 3 is 2.45 bits per heavy atom. The Morgan fingerprint density at radius 2 is 1.86 bits per heavy atom. The number of Topliss-reactive ketones (excluding diaryl/α,β-unsaturated/α-hetero) is 1. The van der Waals surface area contributed by atoms with E-state index in [1.807, 2.05) is 0 Å². The molecule has 2 aromatic carbocycles. The number of alkyl halides is 3. The Bertz CT molecular complexity index is 696. The van der Waals surface area contributed by atoms with Crippen LogP contribution >= 0.6 is 0 Å². The second-order valence-corrected chi connectivity index (χ2v) is 4.75. The van der Waals surface area contributed by atoms with Crippen LogP contribution in [0.5, 0.6) is 5.75 Å². The first-order chi connectivity index (χ1) is 10.3. The van der Waals surface area contributed by atoms with E-state index in [-0.39, 0.29) is 17.9 Å². The highest BCUT2D eigenvalue weighted by atomic mass is 19.4. The number of rotatable bonds is 4. The summed E-state index contributed by atoms with van der Waals surface area (Å²) in [6, 6.07) is 10.2. The van der Waals surface area contributed by atoms with Gasteiger partial charge in [0.15, 0.2) is 5.78 Å². The molecule has 2 aromatic rings. The van der Waals surface area contributed by atoms with Crippen molar-refractivity contribution in [3.63, 3.8) is 0 Å². The molecule has 0 radical (unpaired) electrons. The van der Waals surface area contributed by atoms with Crippen LogP contribution in [0.25, 0.3) is 0 Å². The van der Waals surface area contributed by atoms with Gasteiger partial charge in [0.2, 0.25) is 0 Å². The number of benzene rings is 2. The van der Waals surface area contributed by atoms with Crippen molar-refractivity contribution >= 4 is 11.5 Å². The minimum Gasteiger partial charge on any atom is -0.489 e. The summed E-state index contributed by atoms with van der Waals surface area (Å²) in [5.41, 5.74) is 5.54. The maximum Gasteiger partial charge on any atom is 0.417 e. The van der Waals surface area contributed by atoms with Crippen LogP contribution in [0.15, 0.2) is 42.5 Å². The number of anilines is 1. The zero-order valence-electron chi connectivity index (χ0n) is 11.8. The van der Waals surface area contributed by atoms with Gasteiger partial charge in [-0.2, -0.15) is 13.2 Å². The molecule has 3 nitrogen and oxygen atoms in total. The predicted octanol–water partition coefficient (Wildman–Crippen LogP) is 4.07. The van der Waals surface area contributed by atoms with Gasteiger partial charge in [-0.1, -0.05) is 18.2 Å². The van der Waals surface area contributed by atoms with Gasteiger partial charge < -0.3 is 10.5 Å². The molecule has 2 rings (SSSR count). The highest BCUT2D eigenvalue weighted by molar-refractivity contribution is 5.95. The summed E-state index contributed by atoms with van der Waals surface area (Å²) >= 11 is 0. The van der Waals surface area contributed by atoms with E-state index in [0.29, 0.717) is 11.3 Å². The van der Waals surface area contributed by atoms with Crippen molar-refractivity contribution in [1.82, 2.24) is 0 Å². The van der Waals surface area contributed by atoms with Gasteiger partial charge in [0.1, 0.15) is 12.4 Å². The zero-order valence-corrected chi connectivity index (χ0v) is 11.8. The normalized spacial score (nSPS) is 11.3. The third-order valence-electron chi connectivity index (χ3n) is 3.13. The van der Waals surface area contributed by atoms with Crippen LogP contribution < -0.4 is 10.5 Å². The number of halogens is 3. The van der Waals surface area contributed by atoms with Crippen LogP contribution in [0, 0.1) is 0 Å². The second kappa shape index (κ2) is 6.09. The maximum atomic E-state index is 13.0. The maximum absolute atomic E-state index is 13.0. The average molecular weight is 309 g/mol. The number of carbonyl (C=O) groups excluding carboxylic acids is 1. The molecule has 0 atom stereocenters. The number of carbonyl (C=O) groups is 1. The molecule has 116 valence electrons. The molecule has 0 bridgehead atoms. The summed E-state index contributed by atoms with van der Waals surface area (Å²) in [5.74, 6) is -0.619. The predicted molar refractivity (Wildman–Crippen MR) is 76.6 cm³/mol. The molecule has 0 aliphatic heterocycles. The zero-order chi connectivity index (χ0) is 16.3. The fourth-order valence-electron chi connectivity index (χ4n) is 1.98. The molecule has 6 heteroatoms. The number of ketones is 1. The molecule has 0 heterocycles. The van der Waals surface area contributed by atoms with Gasteiger partial charge in [-0.05, 0) is 31.2 Å². The topological polar surface area (TPSA) is 52.3 Å². The monoisotopic (exact) mass is 309 g/mol. The first-order valence-corrected chi connectivity index (χ1v) is 6.47. The summed E-state index contributed by atoms with van der Waals surface area (Å²) in [5, 5.41) is 0. The lowest BCUT2D eigenvalue weighted by atomic mass is 10.0. The third kappa shape index (κ3) is 3.58. The average Bonchev–Trinajstić information content (AvgIpc) is 2.45. The van der Waals surface area contributed by atoms with E-state index in [1.165, 1.54) is 6.07 Å². The lowest BCUT2D eigenvalue weighted by Crippen LogP contribution is -2.12. The Morgan fingerprint density at radius 1 is 1.18 bits per heavy atom. The van der Waals surface area contributed by atoms with Gasteiger partial charge in [0.05, 0.1) is 5.56 Å². The summed E-state index contributed by atoms with van der Waals surface area (Å²) in [4.78, 5) is 11.3. The molecule has 2 N–H and O–H groups in total. The Labute approximate surface area is 125 Å². The van der Waals surface area contributed by atoms with E-state index < -0.39 is 17.5 Å². The van der Waals surface area contributed by atoms with Gasteiger partial charge in [-0.25, -0.2) is 0 Å². The Hall–Kier alpha value is -2.50. The van der Waals surface area contributed by atoms with Gasteiger partial charge in [-0.15, -0.1) is 0 Å². The number of para-hydroxylation sites is 1. The van der Waals surface area contributed by atoms with Gasteiger partial charge in [0.25, 0.3) is 0 Å². The molecule has 0 unspecified atom stereocenters. The van der Waals surface area contributed by atoms with Crippen molar-refractivity contribution in [1.29, 1.82) is 0 Å². The lowest BCUT2D eigenvalue weighted by molar-refractivity contribution is -0.138. The van der Waals surface area contributed by atoms with Crippen LogP contribution in [0.1, 0.15) is 28.4 Å². The highest BCUT2D eigenvalue weighted by Crippen LogP contribution is 2.34. The fraction of sp³-hybridized carbons (Fsp3) is 0.188. The van der Waals surface area contributed by atoms with E-state index >= 15 is 0 Å². The van der Waals surface area contributed by atoms with Crippen LogP contribution in [-0.2, 0) is 12.8 Å². The van der Waals surface area contributed by atoms with Crippen LogP contribution in [0.3, 0.4) is 0 Å². The molecule has 0 spiro atoms. The van der Waals surface area contributed by atoms with Gasteiger partial charge >= 0.3 is 6.18 Å². The van der Waals surface area contributed by atoms with Crippen molar-refractivity contribution in [3.05, 3.63) is 59.2 Å². The molecule has 0 saturated carbocycles. The summed E-state index contributed by atoms with van der Waals surface area (Å²) in [6.07, 6.45) is -4.62. The van der Waals surface area contributed by atoms with E-state index in [0.717, 1.165) is 19.1 Å². The third-order valence-corrected chi connectivity index (χ3v) is 3.13. The Kier molecular flexibility index (Phi) is 4.40. The molecule has 0 fully saturated rings. The van der Waals surface area contributed by atoms with Crippen molar-refractivity contribution in [2.45, 2.75) is 19.7 Å². The number of hydrogen-bond acceptors (Lipinski definition) is 3. The minimum absolute atomic E-state index is 0.0283. The first kappa shape index (κ1) is 15.9. The van der Waals surface area contributed by atoms with Gasteiger partial charge in [0, 0.05) is 16.8 Å². The number of ether oxygens (including phenoxy) is 1. The second-order valence-electron chi connectivity index (χ2n) is 4.75.